The molecule has 3 atom stereocenters. The zero-order chi connectivity index (χ0) is 10.3. The van der Waals surface area contributed by atoms with Crippen molar-refractivity contribution >= 4 is 5.91 Å². The molecule has 2 saturated heterocycles. The first-order valence-electron chi connectivity index (χ1n) is 5.35. The minimum atomic E-state index is -0.868. The second-order valence-electron chi connectivity index (χ2n) is 4.54. The van der Waals surface area contributed by atoms with Gasteiger partial charge in [-0.3, -0.25) is 4.79 Å². The molecular weight excluding hydrogens is 180 g/mol. The molecular formula is C10H18N2O2. The lowest BCUT2D eigenvalue weighted by molar-refractivity contribution is -0.144. The van der Waals surface area contributed by atoms with E-state index in [1.807, 2.05) is 4.90 Å². The van der Waals surface area contributed by atoms with Crippen LogP contribution in [0.25, 0.3) is 0 Å². The first kappa shape index (κ1) is 9.93. The fourth-order valence-electron chi connectivity index (χ4n) is 2.79. The summed E-state index contributed by atoms with van der Waals surface area (Å²) in [7, 11) is 0. The van der Waals surface area contributed by atoms with Crippen molar-refractivity contribution in [2.75, 3.05) is 0 Å². The summed E-state index contributed by atoms with van der Waals surface area (Å²) in [5, 5.41) is 9.28. The van der Waals surface area contributed by atoms with E-state index in [0.717, 1.165) is 25.7 Å². The Balaban J connectivity index is 2.11. The van der Waals surface area contributed by atoms with Crippen LogP contribution < -0.4 is 5.73 Å². The van der Waals surface area contributed by atoms with E-state index in [9.17, 15) is 9.90 Å². The van der Waals surface area contributed by atoms with Crippen molar-refractivity contribution in [2.24, 2.45) is 5.73 Å². The van der Waals surface area contributed by atoms with E-state index in [4.69, 9.17) is 5.73 Å². The Kier molecular flexibility index (Phi) is 2.49. The Bertz CT molecular complexity index is 228. The van der Waals surface area contributed by atoms with Gasteiger partial charge < -0.3 is 15.7 Å². The molecule has 0 radical (unpaired) electrons. The average molecular weight is 198 g/mol. The van der Waals surface area contributed by atoms with Gasteiger partial charge in [-0.15, -0.1) is 0 Å². The molecule has 4 nitrogen and oxygen atoms in total. The highest BCUT2D eigenvalue weighted by molar-refractivity contribution is 5.81. The predicted octanol–water partition coefficient (Wildman–Crippen LogP) is -0.152. The molecule has 4 heteroatoms. The van der Waals surface area contributed by atoms with Crippen LogP contribution in [0, 0.1) is 0 Å². The number of carbonyl (C=O) groups is 1. The van der Waals surface area contributed by atoms with E-state index in [1.54, 1.807) is 0 Å². The highest BCUT2D eigenvalue weighted by Crippen LogP contribution is 2.35. The van der Waals surface area contributed by atoms with Crippen molar-refractivity contribution in [2.45, 2.75) is 56.8 Å². The van der Waals surface area contributed by atoms with Crippen molar-refractivity contribution < 1.29 is 9.90 Å². The minimum absolute atomic E-state index is 0.121. The molecule has 0 aliphatic carbocycles. The molecule has 2 bridgehead atoms. The number of aliphatic hydroxyl groups is 1. The second kappa shape index (κ2) is 3.51. The maximum absolute atomic E-state index is 11.7. The average Bonchev–Trinajstić information content (AvgIpc) is 2.37. The first-order chi connectivity index (χ1) is 6.59. The number of fused-ring (bicyclic) bond motifs is 2. The molecule has 0 aromatic carbocycles. The van der Waals surface area contributed by atoms with E-state index in [2.05, 4.69) is 0 Å². The summed E-state index contributed by atoms with van der Waals surface area (Å²) in [6, 6.07) is 0.808. The summed E-state index contributed by atoms with van der Waals surface area (Å²) in [6.45, 7) is 1.54. The SMILES string of the molecule is CC(O)C(=O)N1C2CCC1CC(N)C2. The van der Waals surface area contributed by atoms with Crippen molar-refractivity contribution in [3.63, 3.8) is 0 Å². The zero-order valence-electron chi connectivity index (χ0n) is 8.52. The molecule has 0 spiro atoms. The van der Waals surface area contributed by atoms with Crippen LogP contribution in [-0.2, 0) is 4.79 Å². The maximum Gasteiger partial charge on any atom is 0.251 e. The number of hydrogen-bond donors (Lipinski definition) is 2. The Hall–Kier alpha value is -0.610. The standard InChI is InChI=1S/C10H18N2O2/c1-6(13)10(14)12-8-2-3-9(12)5-7(11)4-8/h6-9,13H,2-5,11H2,1H3. The maximum atomic E-state index is 11.7. The Morgan fingerprint density at radius 2 is 1.93 bits per heavy atom. The van der Waals surface area contributed by atoms with Gasteiger partial charge in [-0.1, -0.05) is 0 Å². The number of carbonyl (C=O) groups excluding carboxylic acids is 1. The molecule has 80 valence electrons. The Labute approximate surface area is 84.1 Å². The molecule has 14 heavy (non-hydrogen) atoms. The minimum Gasteiger partial charge on any atom is -0.384 e. The quantitative estimate of drug-likeness (QED) is 0.615. The zero-order valence-corrected chi connectivity index (χ0v) is 8.52. The molecule has 3 unspecified atom stereocenters. The van der Waals surface area contributed by atoms with Crippen molar-refractivity contribution in [3.05, 3.63) is 0 Å². The summed E-state index contributed by atoms with van der Waals surface area (Å²) in [4.78, 5) is 13.6. The van der Waals surface area contributed by atoms with Crippen molar-refractivity contribution in [3.8, 4) is 0 Å². The molecule has 2 aliphatic rings. The number of hydrogen-bond acceptors (Lipinski definition) is 3. The number of piperidine rings is 1. The summed E-state index contributed by atoms with van der Waals surface area (Å²) in [5.74, 6) is -0.121. The molecule has 2 fully saturated rings. The molecule has 0 saturated carbocycles. The smallest absolute Gasteiger partial charge is 0.251 e. The third-order valence-corrected chi connectivity index (χ3v) is 3.38. The van der Waals surface area contributed by atoms with E-state index in [0.29, 0.717) is 0 Å². The van der Waals surface area contributed by atoms with Crippen LogP contribution in [0.4, 0.5) is 0 Å². The lowest BCUT2D eigenvalue weighted by atomic mass is 9.97. The van der Waals surface area contributed by atoms with Gasteiger partial charge in [0.1, 0.15) is 6.10 Å². The van der Waals surface area contributed by atoms with Crippen LogP contribution in [0.15, 0.2) is 0 Å². The summed E-state index contributed by atoms with van der Waals surface area (Å²) >= 11 is 0. The number of aliphatic hydroxyl groups excluding tert-OH is 1. The topological polar surface area (TPSA) is 66.6 Å². The molecule has 1 amide bonds. The first-order valence-corrected chi connectivity index (χ1v) is 5.35. The van der Waals surface area contributed by atoms with Crippen LogP contribution in [0.1, 0.15) is 32.6 Å². The summed E-state index contributed by atoms with van der Waals surface area (Å²) in [6.07, 6.45) is 3.03. The number of rotatable bonds is 1. The van der Waals surface area contributed by atoms with Gasteiger partial charge >= 0.3 is 0 Å². The summed E-state index contributed by atoms with van der Waals surface area (Å²) in [5.41, 5.74) is 5.89. The monoisotopic (exact) mass is 198 g/mol. The fraction of sp³-hybridized carbons (Fsp3) is 0.900. The van der Waals surface area contributed by atoms with Crippen molar-refractivity contribution in [1.82, 2.24) is 4.90 Å². The molecule has 3 N–H and O–H groups in total. The third-order valence-electron chi connectivity index (χ3n) is 3.38. The van der Waals surface area contributed by atoms with E-state index in [1.165, 1.54) is 6.92 Å². The van der Waals surface area contributed by atoms with Gasteiger partial charge in [0.05, 0.1) is 0 Å². The van der Waals surface area contributed by atoms with Gasteiger partial charge in [0.25, 0.3) is 5.91 Å². The largest absolute Gasteiger partial charge is 0.384 e. The van der Waals surface area contributed by atoms with Gasteiger partial charge in [0, 0.05) is 18.1 Å². The van der Waals surface area contributed by atoms with Gasteiger partial charge in [0.2, 0.25) is 0 Å². The van der Waals surface area contributed by atoms with Crippen LogP contribution in [-0.4, -0.2) is 40.1 Å². The lowest BCUT2D eigenvalue weighted by Crippen LogP contribution is -2.52. The van der Waals surface area contributed by atoms with Crippen LogP contribution in [0.3, 0.4) is 0 Å². The van der Waals surface area contributed by atoms with Gasteiger partial charge in [-0.05, 0) is 32.6 Å². The molecule has 2 rings (SSSR count). The van der Waals surface area contributed by atoms with Gasteiger partial charge in [-0.2, -0.15) is 0 Å². The van der Waals surface area contributed by atoms with Gasteiger partial charge in [-0.25, -0.2) is 0 Å². The summed E-state index contributed by atoms with van der Waals surface area (Å²) < 4.78 is 0. The van der Waals surface area contributed by atoms with E-state index >= 15 is 0 Å². The highest BCUT2D eigenvalue weighted by Gasteiger charge is 2.42. The number of nitrogens with two attached hydrogens (primary N) is 1. The van der Waals surface area contributed by atoms with Crippen LogP contribution in [0.5, 0.6) is 0 Å². The van der Waals surface area contributed by atoms with E-state index in [-0.39, 0.29) is 24.0 Å². The molecule has 0 aromatic rings. The molecule has 0 aromatic heterocycles. The second-order valence-corrected chi connectivity index (χ2v) is 4.54. The van der Waals surface area contributed by atoms with Gasteiger partial charge in [0.15, 0.2) is 0 Å². The predicted molar refractivity (Wildman–Crippen MR) is 52.5 cm³/mol. The molecule has 2 heterocycles. The number of amides is 1. The highest BCUT2D eigenvalue weighted by atomic mass is 16.3. The van der Waals surface area contributed by atoms with Crippen LogP contribution in [0.2, 0.25) is 0 Å². The normalized spacial score (nSPS) is 38.5. The lowest BCUT2D eigenvalue weighted by Gasteiger charge is -2.38. The third kappa shape index (κ3) is 1.53. The fourth-order valence-corrected chi connectivity index (χ4v) is 2.79. The molecule has 2 aliphatic heterocycles. The van der Waals surface area contributed by atoms with Crippen molar-refractivity contribution in [1.29, 1.82) is 0 Å². The Morgan fingerprint density at radius 3 is 2.36 bits per heavy atom. The Morgan fingerprint density at radius 1 is 1.43 bits per heavy atom. The van der Waals surface area contributed by atoms with Crippen LogP contribution >= 0.6 is 0 Å². The number of nitrogens with zero attached hydrogens (tertiary/aromatic N) is 1. The van der Waals surface area contributed by atoms with E-state index < -0.39 is 6.10 Å².